The molecule has 2 aromatic rings. The quantitative estimate of drug-likeness (QED) is 0.705. The molecule has 0 atom stereocenters. The summed E-state index contributed by atoms with van der Waals surface area (Å²) in [5.74, 6) is -0.341. The van der Waals surface area contributed by atoms with Crippen molar-refractivity contribution in [3.8, 4) is 11.8 Å². The van der Waals surface area contributed by atoms with Gasteiger partial charge in [-0.2, -0.15) is 5.26 Å². The molecule has 1 aromatic heterocycles. The van der Waals surface area contributed by atoms with E-state index in [1.54, 1.807) is 45.2 Å². The van der Waals surface area contributed by atoms with Crippen LogP contribution in [0, 0.1) is 25.2 Å². The summed E-state index contributed by atoms with van der Waals surface area (Å²) in [5.41, 5.74) is 2.02. The number of methoxy groups -OCH3 is 1. The first kappa shape index (κ1) is 20.7. The van der Waals surface area contributed by atoms with Gasteiger partial charge >= 0.3 is 5.97 Å². The Morgan fingerprint density at radius 2 is 1.89 bits per heavy atom. The molecule has 8 nitrogen and oxygen atoms in total. The highest BCUT2D eigenvalue weighted by molar-refractivity contribution is 5.92. The fraction of sp³-hybridized carbons (Fsp3) is 0.300. The van der Waals surface area contributed by atoms with E-state index in [2.05, 4.69) is 10.3 Å². The van der Waals surface area contributed by atoms with E-state index in [9.17, 15) is 14.4 Å². The molecule has 146 valence electrons. The van der Waals surface area contributed by atoms with Crippen LogP contribution in [0.5, 0.6) is 5.75 Å². The minimum Gasteiger partial charge on any atom is -0.497 e. The number of carbonyl (C=O) groups is 2. The zero-order chi connectivity index (χ0) is 20.7. The standard InChI is InChI=1S/C20H21N3O5/c1-12-16(13(2)22-20(26)17(12)10-21)8-9-19(25)28-11-18(24)23-14-4-6-15(27-3)7-5-14/h4-7H,8-9,11H2,1-3H3,(H,22,26)(H,23,24). The van der Waals surface area contributed by atoms with Crippen LogP contribution in [-0.4, -0.2) is 30.6 Å². The maximum absolute atomic E-state index is 11.9. The Labute approximate surface area is 162 Å². The Morgan fingerprint density at radius 1 is 1.21 bits per heavy atom. The average Bonchev–Trinajstić information content (AvgIpc) is 2.67. The second-order valence-corrected chi connectivity index (χ2v) is 6.11. The number of nitrogens with one attached hydrogen (secondary N) is 2. The Kier molecular flexibility index (Phi) is 6.93. The van der Waals surface area contributed by atoms with E-state index < -0.39 is 24.0 Å². The molecule has 0 aliphatic rings. The van der Waals surface area contributed by atoms with Crippen molar-refractivity contribution < 1.29 is 19.1 Å². The Bertz CT molecular complexity index is 971. The molecule has 0 aliphatic heterocycles. The summed E-state index contributed by atoms with van der Waals surface area (Å²) < 4.78 is 10.0. The van der Waals surface area contributed by atoms with Gasteiger partial charge in [-0.15, -0.1) is 0 Å². The molecule has 0 saturated heterocycles. The van der Waals surface area contributed by atoms with Crippen molar-refractivity contribution in [2.45, 2.75) is 26.7 Å². The average molecular weight is 383 g/mol. The molecule has 0 aliphatic carbocycles. The lowest BCUT2D eigenvalue weighted by molar-refractivity contribution is -0.147. The van der Waals surface area contributed by atoms with Crippen LogP contribution in [0.1, 0.15) is 28.8 Å². The zero-order valence-corrected chi connectivity index (χ0v) is 15.9. The number of aromatic nitrogens is 1. The zero-order valence-electron chi connectivity index (χ0n) is 15.9. The van der Waals surface area contributed by atoms with Crippen molar-refractivity contribution in [2.75, 3.05) is 19.0 Å². The number of carbonyl (C=O) groups excluding carboxylic acids is 2. The summed E-state index contributed by atoms with van der Waals surface area (Å²) in [6.45, 7) is 2.97. The normalized spacial score (nSPS) is 10.1. The fourth-order valence-corrected chi connectivity index (χ4v) is 2.74. The van der Waals surface area contributed by atoms with Crippen LogP contribution in [-0.2, 0) is 20.7 Å². The van der Waals surface area contributed by atoms with Gasteiger partial charge in [-0.05, 0) is 55.7 Å². The molecular weight excluding hydrogens is 362 g/mol. The molecule has 1 aromatic carbocycles. The third-order valence-electron chi connectivity index (χ3n) is 4.24. The number of H-pyrrole nitrogens is 1. The molecule has 0 fully saturated rings. The maximum Gasteiger partial charge on any atom is 0.306 e. The summed E-state index contributed by atoms with van der Waals surface area (Å²) in [6, 6.07) is 8.62. The second-order valence-electron chi connectivity index (χ2n) is 6.11. The molecule has 0 saturated carbocycles. The third kappa shape index (κ3) is 5.20. The van der Waals surface area contributed by atoms with Crippen LogP contribution < -0.4 is 15.6 Å². The van der Waals surface area contributed by atoms with Crippen molar-refractivity contribution in [2.24, 2.45) is 0 Å². The van der Waals surface area contributed by atoms with Crippen molar-refractivity contribution in [3.05, 3.63) is 57.0 Å². The number of amides is 1. The summed E-state index contributed by atoms with van der Waals surface area (Å²) in [6.07, 6.45) is 0.316. The minimum absolute atomic E-state index is 0.0222. The van der Waals surface area contributed by atoms with Gasteiger partial charge in [-0.1, -0.05) is 0 Å². The number of aryl methyl sites for hydroxylation is 1. The predicted molar refractivity (Wildman–Crippen MR) is 102 cm³/mol. The molecule has 0 radical (unpaired) electrons. The Hall–Kier alpha value is -3.60. The topological polar surface area (TPSA) is 121 Å². The highest BCUT2D eigenvalue weighted by Crippen LogP contribution is 2.16. The van der Waals surface area contributed by atoms with E-state index in [0.717, 1.165) is 5.56 Å². The van der Waals surface area contributed by atoms with Crippen molar-refractivity contribution >= 4 is 17.6 Å². The number of pyridine rings is 1. The number of hydrogen-bond acceptors (Lipinski definition) is 6. The van der Waals surface area contributed by atoms with Crippen LogP contribution in [0.3, 0.4) is 0 Å². The summed E-state index contributed by atoms with van der Waals surface area (Å²) >= 11 is 0. The van der Waals surface area contributed by atoms with Gasteiger partial charge in [0.2, 0.25) is 0 Å². The molecule has 0 spiro atoms. The molecule has 0 bridgehead atoms. The van der Waals surface area contributed by atoms with Gasteiger partial charge in [0.1, 0.15) is 17.4 Å². The monoisotopic (exact) mass is 383 g/mol. The lowest BCUT2D eigenvalue weighted by Gasteiger charge is -2.11. The molecule has 8 heteroatoms. The number of anilines is 1. The number of hydrogen-bond donors (Lipinski definition) is 2. The lowest BCUT2D eigenvalue weighted by Crippen LogP contribution is -2.21. The van der Waals surface area contributed by atoms with E-state index in [-0.39, 0.29) is 12.0 Å². The van der Waals surface area contributed by atoms with Gasteiger partial charge in [-0.3, -0.25) is 14.4 Å². The number of rotatable bonds is 7. The molecule has 2 N–H and O–H groups in total. The minimum atomic E-state index is -0.548. The van der Waals surface area contributed by atoms with E-state index in [1.807, 2.05) is 6.07 Å². The molecule has 1 amide bonds. The van der Waals surface area contributed by atoms with Gasteiger partial charge < -0.3 is 19.8 Å². The van der Waals surface area contributed by atoms with Crippen LogP contribution in [0.15, 0.2) is 29.1 Å². The molecule has 28 heavy (non-hydrogen) atoms. The number of benzene rings is 1. The smallest absolute Gasteiger partial charge is 0.306 e. The van der Waals surface area contributed by atoms with Crippen LogP contribution in [0.25, 0.3) is 0 Å². The SMILES string of the molecule is COc1ccc(NC(=O)COC(=O)CCc2c(C)[nH]c(=O)c(C#N)c2C)cc1. The van der Waals surface area contributed by atoms with Crippen molar-refractivity contribution in [3.63, 3.8) is 0 Å². The Balaban J connectivity index is 1.87. The van der Waals surface area contributed by atoms with Gasteiger partial charge in [0.05, 0.1) is 7.11 Å². The maximum atomic E-state index is 11.9. The predicted octanol–water partition coefficient (Wildman–Crippen LogP) is 1.99. The summed E-state index contributed by atoms with van der Waals surface area (Å²) in [4.78, 5) is 38.2. The number of ether oxygens (including phenoxy) is 2. The van der Waals surface area contributed by atoms with Gasteiger partial charge in [-0.25, -0.2) is 0 Å². The van der Waals surface area contributed by atoms with E-state index in [1.165, 1.54) is 0 Å². The summed E-state index contributed by atoms with van der Waals surface area (Å²) in [5, 5.41) is 11.7. The lowest BCUT2D eigenvalue weighted by atomic mass is 9.99. The van der Waals surface area contributed by atoms with Gasteiger partial charge in [0, 0.05) is 17.8 Å². The largest absolute Gasteiger partial charge is 0.497 e. The van der Waals surface area contributed by atoms with Crippen molar-refractivity contribution in [1.29, 1.82) is 5.26 Å². The van der Waals surface area contributed by atoms with Gasteiger partial charge in [0.15, 0.2) is 6.61 Å². The number of nitrogens with zero attached hydrogens (tertiary/aromatic N) is 1. The number of aromatic amines is 1. The molecule has 2 rings (SSSR count). The summed E-state index contributed by atoms with van der Waals surface area (Å²) in [7, 11) is 1.55. The Morgan fingerprint density at radius 3 is 2.50 bits per heavy atom. The molecular formula is C20H21N3O5. The van der Waals surface area contributed by atoms with E-state index in [0.29, 0.717) is 29.1 Å². The van der Waals surface area contributed by atoms with Crippen molar-refractivity contribution in [1.82, 2.24) is 4.98 Å². The van der Waals surface area contributed by atoms with Crippen LogP contribution in [0.2, 0.25) is 0 Å². The molecule has 1 heterocycles. The van der Waals surface area contributed by atoms with Gasteiger partial charge in [0.25, 0.3) is 11.5 Å². The highest BCUT2D eigenvalue weighted by atomic mass is 16.5. The first-order chi connectivity index (χ1) is 13.3. The second kappa shape index (κ2) is 9.37. The number of nitriles is 1. The van der Waals surface area contributed by atoms with Crippen LogP contribution in [0.4, 0.5) is 5.69 Å². The number of esters is 1. The van der Waals surface area contributed by atoms with Crippen LogP contribution >= 0.6 is 0 Å². The molecule has 0 unspecified atom stereocenters. The first-order valence-corrected chi connectivity index (χ1v) is 8.57. The highest BCUT2D eigenvalue weighted by Gasteiger charge is 2.14. The fourth-order valence-electron chi connectivity index (χ4n) is 2.74. The first-order valence-electron chi connectivity index (χ1n) is 8.57. The van der Waals surface area contributed by atoms with E-state index >= 15 is 0 Å². The third-order valence-corrected chi connectivity index (χ3v) is 4.24. The van der Waals surface area contributed by atoms with E-state index in [4.69, 9.17) is 14.7 Å².